The van der Waals surface area contributed by atoms with Gasteiger partial charge < -0.3 is 4.74 Å². The lowest BCUT2D eigenvalue weighted by molar-refractivity contribution is 0.102. The number of aryl methyl sites for hydroxylation is 3. The summed E-state index contributed by atoms with van der Waals surface area (Å²) in [4.78, 5) is 35.8. The number of thiazole rings is 1. The first-order valence-electron chi connectivity index (χ1n) is 10.4. The number of methoxy groups -OCH3 is 1. The summed E-state index contributed by atoms with van der Waals surface area (Å²) in [5, 5.41) is 7.86. The topological polar surface area (TPSA) is 121 Å². The number of anilines is 1. The second-order valence-corrected chi connectivity index (χ2v) is 9.10. The molecule has 0 unspecified atom stereocenters. The van der Waals surface area contributed by atoms with E-state index in [1.54, 1.807) is 23.0 Å². The molecule has 5 heterocycles. The molecule has 0 aliphatic heterocycles. The Morgan fingerprint density at radius 1 is 1.06 bits per heavy atom. The highest BCUT2D eigenvalue weighted by Gasteiger charge is 2.20. The van der Waals surface area contributed by atoms with Crippen LogP contribution in [0.4, 0.5) is 5.13 Å². The largest absolute Gasteiger partial charge is 0.494 e. The van der Waals surface area contributed by atoms with Crippen LogP contribution in [0.2, 0.25) is 5.15 Å². The lowest BCUT2D eigenvalue weighted by atomic mass is 10.0. The Hall–Kier alpha value is -3.96. The van der Waals surface area contributed by atoms with Crippen molar-refractivity contribution in [3.8, 4) is 28.1 Å². The maximum Gasteiger partial charge on any atom is 0.259 e. The molecule has 176 valence electrons. The molecular formula is C23H19ClN8O2S. The second-order valence-electron chi connectivity index (χ2n) is 7.74. The number of carbonyl (C=O) groups is 1. The summed E-state index contributed by atoms with van der Waals surface area (Å²) in [6, 6.07) is 3.45. The summed E-state index contributed by atoms with van der Waals surface area (Å²) >= 11 is 7.36. The molecule has 5 aromatic rings. The molecular weight excluding hydrogens is 488 g/mol. The molecule has 0 bridgehead atoms. The molecule has 10 nitrogen and oxygen atoms in total. The zero-order valence-electron chi connectivity index (χ0n) is 19.2. The molecule has 35 heavy (non-hydrogen) atoms. The quantitative estimate of drug-likeness (QED) is 0.346. The molecule has 0 aliphatic carbocycles. The Morgan fingerprint density at radius 2 is 1.89 bits per heavy atom. The third-order valence-electron chi connectivity index (χ3n) is 5.26. The van der Waals surface area contributed by atoms with E-state index in [-0.39, 0.29) is 11.1 Å². The van der Waals surface area contributed by atoms with Crippen LogP contribution in [0, 0.1) is 13.8 Å². The van der Waals surface area contributed by atoms with E-state index in [4.69, 9.17) is 16.3 Å². The van der Waals surface area contributed by atoms with Crippen LogP contribution in [0.1, 0.15) is 21.7 Å². The van der Waals surface area contributed by atoms with Gasteiger partial charge in [-0.3, -0.25) is 19.8 Å². The average molecular weight is 507 g/mol. The summed E-state index contributed by atoms with van der Waals surface area (Å²) in [6.45, 7) is 3.75. The van der Waals surface area contributed by atoms with Crippen LogP contribution < -0.4 is 10.1 Å². The second kappa shape index (κ2) is 9.01. The number of hydrogen-bond acceptors (Lipinski definition) is 9. The van der Waals surface area contributed by atoms with Gasteiger partial charge in [0.25, 0.3) is 5.91 Å². The van der Waals surface area contributed by atoms with Crippen molar-refractivity contribution in [1.29, 1.82) is 0 Å². The molecule has 1 N–H and O–H groups in total. The number of pyridine rings is 2. The Bertz CT molecular complexity index is 1600. The number of hydrogen-bond donors (Lipinski definition) is 1. The number of carbonyl (C=O) groups excluding carboxylic acids is 1. The van der Waals surface area contributed by atoms with Gasteiger partial charge >= 0.3 is 0 Å². The summed E-state index contributed by atoms with van der Waals surface area (Å²) in [5.41, 5.74) is 5.19. The normalized spacial score (nSPS) is 11.1. The van der Waals surface area contributed by atoms with Gasteiger partial charge in [0.2, 0.25) is 0 Å². The molecule has 12 heteroatoms. The van der Waals surface area contributed by atoms with Crippen molar-refractivity contribution in [3.05, 3.63) is 59.0 Å². The van der Waals surface area contributed by atoms with Gasteiger partial charge in [0.1, 0.15) is 10.9 Å². The van der Waals surface area contributed by atoms with Gasteiger partial charge in [-0.05, 0) is 26.0 Å². The standard InChI is InChI=1S/C23H19ClN8O2S/c1-11-5-13(14-6-19(24)26-9-18(14)34-4)15(7-25-11)21(33)30-23-29-20-22(35-23)28-17(8-27-20)16-10-32(3)31-12(16)2/h5-10H,1-4H3,(H,27,29,30,33). The minimum Gasteiger partial charge on any atom is -0.494 e. The van der Waals surface area contributed by atoms with Crippen LogP contribution in [0.5, 0.6) is 5.75 Å². The zero-order valence-corrected chi connectivity index (χ0v) is 20.8. The summed E-state index contributed by atoms with van der Waals surface area (Å²) in [7, 11) is 3.39. The Labute approximate surface area is 209 Å². The highest BCUT2D eigenvalue weighted by molar-refractivity contribution is 7.21. The molecule has 1 amide bonds. The molecule has 0 atom stereocenters. The van der Waals surface area contributed by atoms with Gasteiger partial charge in [-0.1, -0.05) is 22.9 Å². The first-order valence-corrected chi connectivity index (χ1v) is 11.6. The lowest BCUT2D eigenvalue weighted by Gasteiger charge is -2.13. The maximum atomic E-state index is 13.3. The van der Waals surface area contributed by atoms with E-state index in [1.807, 2.05) is 27.1 Å². The van der Waals surface area contributed by atoms with Crippen molar-refractivity contribution in [2.75, 3.05) is 12.4 Å². The molecule has 0 aromatic carbocycles. The van der Waals surface area contributed by atoms with Gasteiger partial charge in [0, 0.05) is 41.8 Å². The number of nitrogens with one attached hydrogen (secondary N) is 1. The first-order chi connectivity index (χ1) is 16.8. The van der Waals surface area contributed by atoms with Crippen molar-refractivity contribution >= 4 is 44.5 Å². The van der Waals surface area contributed by atoms with Crippen molar-refractivity contribution in [1.82, 2.24) is 34.7 Å². The number of aromatic nitrogens is 7. The third-order valence-corrected chi connectivity index (χ3v) is 6.32. The molecule has 5 aromatic heterocycles. The van der Waals surface area contributed by atoms with Crippen LogP contribution in [-0.4, -0.2) is 47.7 Å². The van der Waals surface area contributed by atoms with E-state index in [9.17, 15) is 4.79 Å². The summed E-state index contributed by atoms with van der Waals surface area (Å²) in [5.74, 6) is 0.102. The maximum absolute atomic E-state index is 13.3. The number of amides is 1. The van der Waals surface area contributed by atoms with Gasteiger partial charge in [0.15, 0.2) is 15.6 Å². The van der Waals surface area contributed by atoms with Crippen molar-refractivity contribution < 1.29 is 9.53 Å². The van der Waals surface area contributed by atoms with E-state index in [0.29, 0.717) is 43.7 Å². The van der Waals surface area contributed by atoms with E-state index in [0.717, 1.165) is 17.0 Å². The fraction of sp³-hybridized carbons (Fsp3) is 0.174. The first kappa shape index (κ1) is 22.8. The van der Waals surface area contributed by atoms with Gasteiger partial charge in [-0.2, -0.15) is 10.1 Å². The number of fused-ring (bicyclic) bond motifs is 1. The smallest absolute Gasteiger partial charge is 0.259 e. The molecule has 0 saturated carbocycles. The van der Waals surface area contributed by atoms with Crippen LogP contribution in [0.15, 0.2) is 36.9 Å². The van der Waals surface area contributed by atoms with E-state index >= 15 is 0 Å². The monoisotopic (exact) mass is 506 g/mol. The number of nitrogens with zero attached hydrogens (tertiary/aromatic N) is 7. The molecule has 5 rings (SSSR count). The van der Waals surface area contributed by atoms with Crippen LogP contribution in [0.25, 0.3) is 32.9 Å². The SMILES string of the molecule is COc1cnc(Cl)cc1-c1cc(C)ncc1C(=O)Nc1nc2ncc(-c3cn(C)nc3C)nc2s1. The highest BCUT2D eigenvalue weighted by Crippen LogP contribution is 2.34. The Balaban J connectivity index is 1.49. The molecule has 0 radical (unpaired) electrons. The lowest BCUT2D eigenvalue weighted by Crippen LogP contribution is -2.14. The van der Waals surface area contributed by atoms with Gasteiger partial charge in [-0.25, -0.2) is 15.0 Å². The van der Waals surface area contributed by atoms with Crippen molar-refractivity contribution in [2.45, 2.75) is 13.8 Å². The predicted molar refractivity (Wildman–Crippen MR) is 134 cm³/mol. The number of rotatable bonds is 5. The minimum atomic E-state index is -0.384. The minimum absolute atomic E-state index is 0.282. The fourth-order valence-corrected chi connectivity index (χ4v) is 4.62. The number of halogens is 1. The van der Waals surface area contributed by atoms with Gasteiger partial charge in [-0.15, -0.1) is 0 Å². The predicted octanol–water partition coefficient (Wildman–Crippen LogP) is 4.47. The summed E-state index contributed by atoms with van der Waals surface area (Å²) < 4.78 is 7.17. The Morgan fingerprint density at radius 3 is 2.63 bits per heavy atom. The highest BCUT2D eigenvalue weighted by atomic mass is 35.5. The van der Waals surface area contributed by atoms with E-state index in [1.165, 1.54) is 30.8 Å². The Kier molecular flexibility index (Phi) is 5.87. The van der Waals surface area contributed by atoms with Crippen LogP contribution >= 0.6 is 22.9 Å². The van der Waals surface area contributed by atoms with E-state index in [2.05, 4.69) is 35.3 Å². The molecule has 0 aliphatic rings. The zero-order chi connectivity index (χ0) is 24.7. The van der Waals surface area contributed by atoms with Crippen molar-refractivity contribution in [2.24, 2.45) is 7.05 Å². The van der Waals surface area contributed by atoms with Crippen LogP contribution in [0.3, 0.4) is 0 Å². The fourth-order valence-electron chi connectivity index (χ4n) is 3.67. The average Bonchev–Trinajstić information content (AvgIpc) is 3.39. The molecule has 0 fully saturated rings. The summed E-state index contributed by atoms with van der Waals surface area (Å²) in [6.07, 6.45) is 6.57. The third kappa shape index (κ3) is 4.43. The van der Waals surface area contributed by atoms with E-state index < -0.39 is 0 Å². The molecule has 0 spiro atoms. The number of ether oxygens (including phenoxy) is 1. The van der Waals surface area contributed by atoms with Crippen molar-refractivity contribution in [3.63, 3.8) is 0 Å². The van der Waals surface area contributed by atoms with Crippen LogP contribution in [-0.2, 0) is 7.05 Å². The molecule has 0 saturated heterocycles. The van der Waals surface area contributed by atoms with Gasteiger partial charge in [0.05, 0.1) is 36.5 Å².